The van der Waals surface area contributed by atoms with Crippen molar-refractivity contribution in [3.8, 4) is 0 Å². The quantitative estimate of drug-likeness (QED) is 0.593. The van der Waals surface area contributed by atoms with Gasteiger partial charge in [0, 0.05) is 56.6 Å². The molecule has 8 heteroatoms. The lowest BCUT2D eigenvalue weighted by molar-refractivity contribution is 0.0603. The molecule has 1 aliphatic rings. The van der Waals surface area contributed by atoms with E-state index in [0.717, 1.165) is 53.7 Å². The van der Waals surface area contributed by atoms with Crippen molar-refractivity contribution in [2.45, 2.75) is 33.0 Å². The maximum Gasteiger partial charge on any atom is 0.336 e. The van der Waals surface area contributed by atoms with E-state index in [2.05, 4.69) is 27.8 Å². The molecule has 6 nitrogen and oxygen atoms in total. The highest BCUT2D eigenvalue weighted by atomic mass is 19.3. The first-order valence-corrected chi connectivity index (χ1v) is 9.83. The van der Waals surface area contributed by atoms with E-state index in [4.69, 9.17) is 4.42 Å². The van der Waals surface area contributed by atoms with Gasteiger partial charge in [0.2, 0.25) is 0 Å². The van der Waals surface area contributed by atoms with Crippen LogP contribution >= 0.6 is 0 Å². The summed E-state index contributed by atoms with van der Waals surface area (Å²) in [5.74, 6) is 0.381. The summed E-state index contributed by atoms with van der Waals surface area (Å²) in [5, 5.41) is 0.961. The van der Waals surface area contributed by atoms with Crippen LogP contribution in [0.5, 0.6) is 0 Å². The number of piperazine rings is 1. The number of aryl methyl sites for hydroxylation is 1. The molecule has 0 unspecified atom stereocenters. The molecule has 0 atom stereocenters. The van der Waals surface area contributed by atoms with Crippen LogP contribution in [0.15, 0.2) is 45.9 Å². The van der Waals surface area contributed by atoms with Crippen molar-refractivity contribution in [3.05, 3.63) is 64.0 Å². The minimum absolute atomic E-state index is 0.335. The first kappa shape index (κ1) is 19.7. The van der Waals surface area contributed by atoms with E-state index in [9.17, 15) is 13.6 Å². The molecule has 0 radical (unpaired) electrons. The highest BCUT2D eigenvalue weighted by Crippen LogP contribution is 2.21. The van der Waals surface area contributed by atoms with Gasteiger partial charge >= 0.3 is 12.2 Å². The zero-order valence-corrected chi connectivity index (χ0v) is 16.4. The van der Waals surface area contributed by atoms with Crippen molar-refractivity contribution in [2.75, 3.05) is 26.2 Å². The minimum Gasteiger partial charge on any atom is -0.423 e. The number of alkyl halides is 2. The van der Waals surface area contributed by atoms with Crippen LogP contribution in [0.2, 0.25) is 0 Å². The number of imidazole rings is 1. The van der Waals surface area contributed by atoms with Gasteiger partial charge in [0.15, 0.2) is 0 Å². The number of rotatable bonds is 6. The second-order valence-electron chi connectivity index (χ2n) is 7.36. The van der Waals surface area contributed by atoms with E-state index >= 15 is 0 Å². The first-order valence-electron chi connectivity index (χ1n) is 9.83. The third-order valence-electron chi connectivity index (χ3n) is 5.49. The molecule has 1 saturated heterocycles. The van der Waals surface area contributed by atoms with Crippen molar-refractivity contribution in [3.63, 3.8) is 0 Å². The molecule has 0 aliphatic carbocycles. The maximum absolute atomic E-state index is 13.0. The van der Waals surface area contributed by atoms with Crippen LogP contribution in [0.4, 0.5) is 8.78 Å². The van der Waals surface area contributed by atoms with Crippen LogP contribution < -0.4 is 5.63 Å². The number of hydrogen-bond donors (Lipinski definition) is 0. The van der Waals surface area contributed by atoms with Gasteiger partial charge in [-0.15, -0.1) is 0 Å². The maximum atomic E-state index is 13.0. The Bertz CT molecular complexity index is 1040. The van der Waals surface area contributed by atoms with Crippen molar-refractivity contribution in [1.82, 2.24) is 19.4 Å². The normalized spacial score (nSPS) is 16.1. The first-order chi connectivity index (χ1) is 14.0. The van der Waals surface area contributed by atoms with Gasteiger partial charge in [-0.25, -0.2) is 9.78 Å². The summed E-state index contributed by atoms with van der Waals surface area (Å²) in [6, 6.07) is 7.59. The lowest BCUT2D eigenvalue weighted by atomic mass is 10.1. The second-order valence-corrected chi connectivity index (χ2v) is 7.36. The number of fused-ring (bicyclic) bond motifs is 1. The monoisotopic (exact) mass is 402 g/mol. The lowest BCUT2D eigenvalue weighted by Gasteiger charge is -2.34. The van der Waals surface area contributed by atoms with Gasteiger partial charge < -0.3 is 4.42 Å². The SMILES string of the molecule is CCc1ccc2c(CN3CCN(Cc4nccn4C(F)F)CC3)cc(=O)oc2c1. The molecule has 0 amide bonds. The van der Waals surface area contributed by atoms with E-state index in [-0.39, 0.29) is 5.63 Å². The van der Waals surface area contributed by atoms with Crippen molar-refractivity contribution >= 4 is 11.0 Å². The second kappa shape index (κ2) is 8.42. The van der Waals surface area contributed by atoms with Crippen molar-refractivity contribution < 1.29 is 13.2 Å². The van der Waals surface area contributed by atoms with E-state index in [1.165, 1.54) is 12.4 Å². The molecule has 1 fully saturated rings. The van der Waals surface area contributed by atoms with Crippen LogP contribution in [0.25, 0.3) is 11.0 Å². The number of nitrogens with zero attached hydrogens (tertiary/aromatic N) is 4. The van der Waals surface area contributed by atoms with Crippen LogP contribution in [0.3, 0.4) is 0 Å². The predicted molar refractivity (Wildman–Crippen MR) is 106 cm³/mol. The third kappa shape index (κ3) is 4.38. The highest BCUT2D eigenvalue weighted by molar-refractivity contribution is 5.80. The number of hydrogen-bond acceptors (Lipinski definition) is 5. The van der Waals surface area contributed by atoms with E-state index in [1.807, 2.05) is 12.1 Å². The van der Waals surface area contributed by atoms with Crippen LogP contribution in [0, 0.1) is 0 Å². The fourth-order valence-corrected chi connectivity index (χ4v) is 3.82. The standard InChI is InChI=1S/C21H24F2N4O2/c1-2-15-3-4-17-16(12-20(28)29-18(17)11-15)13-25-7-9-26(10-8-25)14-19-24-5-6-27(19)21(22)23/h3-6,11-12,21H,2,7-10,13-14H2,1H3. The molecule has 0 spiro atoms. The molecule has 0 N–H and O–H groups in total. The van der Waals surface area contributed by atoms with Crippen LogP contribution in [0.1, 0.15) is 30.4 Å². The van der Waals surface area contributed by atoms with Gasteiger partial charge in [0.1, 0.15) is 11.4 Å². The summed E-state index contributed by atoms with van der Waals surface area (Å²) in [4.78, 5) is 20.5. The molecular weight excluding hydrogens is 378 g/mol. The molecule has 154 valence electrons. The molecule has 0 bridgehead atoms. The summed E-state index contributed by atoms with van der Waals surface area (Å²) >= 11 is 0. The van der Waals surface area contributed by atoms with E-state index in [0.29, 0.717) is 24.5 Å². The van der Waals surface area contributed by atoms with Crippen LogP contribution in [-0.2, 0) is 19.5 Å². The summed E-state index contributed by atoms with van der Waals surface area (Å²) in [6.07, 6.45) is 3.61. The zero-order valence-electron chi connectivity index (χ0n) is 16.4. The number of benzene rings is 1. The molecule has 0 saturated carbocycles. The zero-order chi connectivity index (χ0) is 20.4. The Morgan fingerprint density at radius 1 is 1.10 bits per heavy atom. The van der Waals surface area contributed by atoms with Crippen molar-refractivity contribution in [1.29, 1.82) is 0 Å². The smallest absolute Gasteiger partial charge is 0.336 e. The molecular formula is C21H24F2N4O2. The largest absolute Gasteiger partial charge is 0.423 e. The molecule has 4 rings (SSSR count). The Labute approximate surface area is 167 Å². The van der Waals surface area contributed by atoms with Gasteiger partial charge in [0.25, 0.3) is 0 Å². The molecule has 2 aromatic heterocycles. The Morgan fingerprint density at radius 3 is 2.52 bits per heavy atom. The van der Waals surface area contributed by atoms with Gasteiger partial charge in [-0.2, -0.15) is 8.78 Å². The molecule has 3 aromatic rings. The van der Waals surface area contributed by atoms with Crippen molar-refractivity contribution in [2.24, 2.45) is 0 Å². The fourth-order valence-electron chi connectivity index (χ4n) is 3.82. The summed E-state index contributed by atoms with van der Waals surface area (Å²) in [5.41, 5.74) is 2.39. The average molecular weight is 402 g/mol. The molecule has 1 aliphatic heterocycles. The highest BCUT2D eigenvalue weighted by Gasteiger charge is 2.21. The third-order valence-corrected chi connectivity index (χ3v) is 5.49. The van der Waals surface area contributed by atoms with E-state index < -0.39 is 6.55 Å². The average Bonchev–Trinajstić information content (AvgIpc) is 3.17. The van der Waals surface area contributed by atoms with Crippen LogP contribution in [-0.4, -0.2) is 45.5 Å². The van der Waals surface area contributed by atoms with Gasteiger partial charge in [0.05, 0.1) is 6.54 Å². The summed E-state index contributed by atoms with van der Waals surface area (Å²) in [7, 11) is 0. The molecule has 3 heterocycles. The fraction of sp³-hybridized carbons (Fsp3) is 0.429. The summed E-state index contributed by atoms with van der Waals surface area (Å²) in [6.45, 7) is 3.67. The topological polar surface area (TPSA) is 54.5 Å². The minimum atomic E-state index is -2.57. The Kier molecular flexibility index (Phi) is 5.73. The Morgan fingerprint density at radius 2 is 1.83 bits per heavy atom. The lowest BCUT2D eigenvalue weighted by Crippen LogP contribution is -2.45. The molecule has 1 aromatic carbocycles. The van der Waals surface area contributed by atoms with Gasteiger partial charge in [-0.1, -0.05) is 19.1 Å². The Balaban J connectivity index is 1.42. The number of aromatic nitrogens is 2. The van der Waals surface area contributed by atoms with Gasteiger partial charge in [-0.05, 0) is 23.6 Å². The number of halogens is 2. The van der Waals surface area contributed by atoms with Gasteiger partial charge in [-0.3, -0.25) is 14.4 Å². The predicted octanol–water partition coefficient (Wildman–Crippen LogP) is 3.26. The Hall–Kier alpha value is -2.58. The molecule has 29 heavy (non-hydrogen) atoms. The summed E-state index contributed by atoms with van der Waals surface area (Å²) < 4.78 is 32.3. The van der Waals surface area contributed by atoms with E-state index in [1.54, 1.807) is 6.07 Å².